The van der Waals surface area contributed by atoms with Gasteiger partial charge in [0, 0.05) is 13.5 Å². The van der Waals surface area contributed by atoms with Crippen LogP contribution in [0.3, 0.4) is 0 Å². The minimum atomic E-state index is -1.29. The normalized spacial score (nSPS) is 27.8. The van der Waals surface area contributed by atoms with Gasteiger partial charge >= 0.3 is 11.9 Å². The summed E-state index contributed by atoms with van der Waals surface area (Å²) in [5.41, 5.74) is -1.99. The maximum Gasteiger partial charge on any atom is 0.318 e. The summed E-state index contributed by atoms with van der Waals surface area (Å²) in [4.78, 5) is 35.2. The van der Waals surface area contributed by atoms with Gasteiger partial charge in [-0.1, -0.05) is 0 Å². The fourth-order valence-corrected chi connectivity index (χ4v) is 2.58. The van der Waals surface area contributed by atoms with E-state index in [0.29, 0.717) is 0 Å². The lowest BCUT2D eigenvalue weighted by molar-refractivity contribution is -0.162. The molecule has 4 atom stereocenters. The number of terminal acetylenes is 1. The highest BCUT2D eigenvalue weighted by Gasteiger charge is 2.60. The molecule has 0 aromatic rings. The quantitative estimate of drug-likeness (QED) is 0.297. The second kappa shape index (κ2) is 7.67. The molecule has 0 aliphatic carbocycles. The monoisotopic (exact) mass is 340 g/mol. The summed E-state index contributed by atoms with van der Waals surface area (Å²) in [5, 5.41) is 0. The fourth-order valence-electron chi connectivity index (χ4n) is 2.58. The number of hydrogen-bond donors (Lipinski definition) is 0. The molecule has 0 N–H and O–H groups in total. The minimum absolute atomic E-state index is 0.134. The van der Waals surface area contributed by atoms with Gasteiger partial charge in [0.15, 0.2) is 12.2 Å². The molecule has 0 bridgehead atoms. The van der Waals surface area contributed by atoms with Gasteiger partial charge in [0.2, 0.25) is 0 Å². The molecule has 0 spiro atoms. The number of cyclic esters (lactones) is 1. The molecule has 24 heavy (non-hydrogen) atoms. The summed E-state index contributed by atoms with van der Waals surface area (Å²) in [7, 11) is 1.41. The maximum absolute atomic E-state index is 12.4. The van der Waals surface area contributed by atoms with E-state index in [9.17, 15) is 14.4 Å². The van der Waals surface area contributed by atoms with Gasteiger partial charge in [-0.3, -0.25) is 14.4 Å². The van der Waals surface area contributed by atoms with Gasteiger partial charge in [0.1, 0.15) is 12.0 Å². The zero-order chi connectivity index (χ0) is 18.5. The number of methoxy groups -OCH3 is 1. The zero-order valence-electron chi connectivity index (χ0n) is 14.7. The second-order valence-corrected chi connectivity index (χ2v) is 6.86. The molecule has 134 valence electrons. The lowest BCUT2D eigenvalue weighted by atomic mass is 9.77. The third-order valence-electron chi connectivity index (χ3n) is 4.08. The molecule has 1 aliphatic heterocycles. The largest absolute Gasteiger partial charge is 0.461 e. The maximum atomic E-state index is 12.4. The molecule has 7 nitrogen and oxygen atoms in total. The van der Waals surface area contributed by atoms with E-state index in [2.05, 4.69) is 5.92 Å². The predicted octanol–water partition coefficient (Wildman–Crippen LogP) is 1.09. The van der Waals surface area contributed by atoms with E-state index in [1.165, 1.54) is 7.11 Å². The van der Waals surface area contributed by atoms with E-state index >= 15 is 0 Å². The van der Waals surface area contributed by atoms with Crippen molar-refractivity contribution in [3.8, 4) is 12.3 Å². The van der Waals surface area contributed by atoms with Crippen LogP contribution in [0.2, 0.25) is 0 Å². The first-order chi connectivity index (χ1) is 11.1. The first-order valence-corrected chi connectivity index (χ1v) is 7.56. The van der Waals surface area contributed by atoms with Crippen molar-refractivity contribution in [2.45, 2.75) is 52.4 Å². The van der Waals surface area contributed by atoms with Gasteiger partial charge in [-0.2, -0.15) is 0 Å². The first-order valence-electron chi connectivity index (χ1n) is 7.56. The van der Waals surface area contributed by atoms with Crippen molar-refractivity contribution >= 4 is 18.4 Å². The van der Waals surface area contributed by atoms with Crippen LogP contribution < -0.4 is 0 Å². The Balaban J connectivity index is 3.00. The summed E-state index contributed by atoms with van der Waals surface area (Å²) >= 11 is 0. The van der Waals surface area contributed by atoms with Crippen molar-refractivity contribution in [2.24, 2.45) is 10.8 Å². The van der Waals surface area contributed by atoms with Gasteiger partial charge in [-0.05, 0) is 27.7 Å². The van der Waals surface area contributed by atoms with E-state index in [1.54, 1.807) is 27.7 Å². The molecule has 1 saturated heterocycles. The second-order valence-electron chi connectivity index (χ2n) is 6.86. The Kier molecular flexibility index (Phi) is 6.38. The molecule has 0 amide bonds. The number of carbonyl (C=O) groups excluding carboxylic acids is 3. The van der Waals surface area contributed by atoms with Crippen molar-refractivity contribution in [2.75, 3.05) is 13.7 Å². The van der Waals surface area contributed by atoms with E-state index in [0.717, 1.165) is 0 Å². The van der Waals surface area contributed by atoms with Crippen molar-refractivity contribution in [1.29, 1.82) is 0 Å². The topological polar surface area (TPSA) is 88.1 Å². The van der Waals surface area contributed by atoms with Crippen molar-refractivity contribution in [1.82, 2.24) is 0 Å². The highest BCUT2D eigenvalue weighted by molar-refractivity contribution is 5.81. The smallest absolute Gasteiger partial charge is 0.318 e. The predicted molar refractivity (Wildman–Crippen MR) is 83.6 cm³/mol. The minimum Gasteiger partial charge on any atom is -0.461 e. The standard InChI is InChI=1S/C17H24O7/c1-7-8-12(21-6)17(5)13(23-10-18)11(24-15(17)20)9-22-14(19)16(2,3)4/h1,10-13H,8-9H2,2-6H3/t11-,12+,13-,17-/m1/s1. The Hall–Kier alpha value is -2.07. The summed E-state index contributed by atoms with van der Waals surface area (Å²) < 4.78 is 20.9. The molecule has 1 heterocycles. The molecule has 0 saturated carbocycles. The summed E-state index contributed by atoms with van der Waals surface area (Å²) in [6.07, 6.45) is 2.84. The van der Waals surface area contributed by atoms with Crippen LogP contribution >= 0.6 is 0 Å². The Bertz CT molecular complexity index is 528. The molecule has 0 radical (unpaired) electrons. The molecule has 1 aliphatic rings. The lowest BCUT2D eigenvalue weighted by Crippen LogP contribution is -2.49. The van der Waals surface area contributed by atoms with Crippen LogP contribution in [-0.4, -0.2) is 50.4 Å². The van der Waals surface area contributed by atoms with Crippen LogP contribution in [0.4, 0.5) is 0 Å². The molecule has 7 heteroatoms. The summed E-state index contributed by atoms with van der Waals surface area (Å²) in [6.45, 7) is 6.67. The first kappa shape index (κ1) is 20.0. The molecular formula is C17H24O7. The summed E-state index contributed by atoms with van der Waals surface area (Å²) in [6, 6.07) is 0. The number of hydrogen-bond acceptors (Lipinski definition) is 7. The average Bonchev–Trinajstić information content (AvgIpc) is 2.74. The van der Waals surface area contributed by atoms with Crippen LogP contribution in [0.1, 0.15) is 34.1 Å². The number of carbonyl (C=O) groups is 3. The molecular weight excluding hydrogens is 316 g/mol. The van der Waals surface area contributed by atoms with Crippen LogP contribution in [-0.2, 0) is 33.3 Å². The Labute approximate surface area is 142 Å². The molecule has 1 fully saturated rings. The third kappa shape index (κ3) is 3.88. The third-order valence-corrected chi connectivity index (χ3v) is 4.08. The lowest BCUT2D eigenvalue weighted by Gasteiger charge is -2.33. The van der Waals surface area contributed by atoms with E-state index in [4.69, 9.17) is 25.4 Å². The van der Waals surface area contributed by atoms with Gasteiger partial charge in [0.25, 0.3) is 6.47 Å². The average molecular weight is 340 g/mol. The van der Waals surface area contributed by atoms with Crippen LogP contribution in [0.15, 0.2) is 0 Å². The van der Waals surface area contributed by atoms with Crippen LogP contribution in [0.5, 0.6) is 0 Å². The molecule has 0 aromatic heterocycles. The highest BCUT2D eigenvalue weighted by atomic mass is 16.6. The van der Waals surface area contributed by atoms with Gasteiger partial charge < -0.3 is 18.9 Å². The van der Waals surface area contributed by atoms with Crippen molar-refractivity contribution < 1.29 is 33.3 Å². The Morgan fingerprint density at radius 2 is 2.12 bits per heavy atom. The van der Waals surface area contributed by atoms with E-state index < -0.39 is 41.1 Å². The fraction of sp³-hybridized carbons (Fsp3) is 0.706. The molecule has 1 rings (SSSR count). The van der Waals surface area contributed by atoms with Gasteiger partial charge in [0.05, 0.1) is 11.5 Å². The number of ether oxygens (including phenoxy) is 4. The van der Waals surface area contributed by atoms with Crippen LogP contribution in [0.25, 0.3) is 0 Å². The SMILES string of the molecule is C#CC[C@H](OC)[C@@]1(C)C(=O)O[C@H](COC(=O)C(C)(C)C)[C@H]1OC=O. The zero-order valence-corrected chi connectivity index (χ0v) is 14.7. The van der Waals surface area contributed by atoms with E-state index in [-0.39, 0.29) is 19.5 Å². The van der Waals surface area contributed by atoms with Gasteiger partial charge in [-0.15, -0.1) is 12.3 Å². The molecule has 0 aromatic carbocycles. The van der Waals surface area contributed by atoms with Crippen molar-refractivity contribution in [3.63, 3.8) is 0 Å². The van der Waals surface area contributed by atoms with Crippen molar-refractivity contribution in [3.05, 3.63) is 0 Å². The summed E-state index contributed by atoms with van der Waals surface area (Å²) in [5.74, 6) is 1.35. The Morgan fingerprint density at radius 3 is 2.58 bits per heavy atom. The number of esters is 2. The van der Waals surface area contributed by atoms with E-state index in [1.807, 2.05) is 0 Å². The van der Waals surface area contributed by atoms with Crippen LogP contribution in [0, 0.1) is 23.2 Å². The number of rotatable bonds is 7. The highest BCUT2D eigenvalue weighted by Crippen LogP contribution is 2.41. The molecule has 0 unspecified atom stereocenters. The van der Waals surface area contributed by atoms with Gasteiger partial charge in [-0.25, -0.2) is 0 Å². The Morgan fingerprint density at radius 1 is 1.50 bits per heavy atom.